The molecule has 1 atom stereocenters. The zero-order valence-electron chi connectivity index (χ0n) is 18.2. The number of aromatic amines is 1. The van der Waals surface area contributed by atoms with E-state index in [9.17, 15) is 14.4 Å². The third-order valence-electron chi connectivity index (χ3n) is 5.38. The van der Waals surface area contributed by atoms with E-state index in [0.29, 0.717) is 27.0 Å². The van der Waals surface area contributed by atoms with Crippen molar-refractivity contribution in [2.75, 3.05) is 25.1 Å². The van der Waals surface area contributed by atoms with Crippen LogP contribution in [0.2, 0.25) is 4.34 Å². The molecule has 2 amide bonds. The quantitative estimate of drug-likeness (QED) is 0.544. The highest BCUT2D eigenvalue weighted by Gasteiger charge is 2.33. The fraction of sp³-hybridized carbons (Fsp3) is 0.261. The molecule has 1 aromatic carbocycles. The van der Waals surface area contributed by atoms with E-state index < -0.39 is 12.2 Å². The van der Waals surface area contributed by atoms with E-state index in [0.717, 1.165) is 16.7 Å². The first-order valence-corrected chi connectivity index (χ1v) is 11.4. The van der Waals surface area contributed by atoms with Gasteiger partial charge in [-0.25, -0.2) is 4.79 Å². The molecular weight excluding hydrogens is 466 g/mol. The summed E-state index contributed by atoms with van der Waals surface area (Å²) in [6, 6.07) is 8.85. The predicted octanol–water partition coefficient (Wildman–Crippen LogP) is 4.14. The molecule has 33 heavy (non-hydrogen) atoms. The van der Waals surface area contributed by atoms with E-state index >= 15 is 0 Å². The SMILES string of the molecule is COc1c(-c2c(C)cc(N3C[C@H](CNC(=O)c4ccc(Cl)s4)OC3=O)cc2C)cc[nH]c1=O. The number of halogens is 1. The van der Waals surface area contributed by atoms with Crippen LogP contribution in [0.15, 0.2) is 41.3 Å². The number of pyridine rings is 1. The number of ether oxygens (including phenoxy) is 2. The van der Waals surface area contributed by atoms with Crippen LogP contribution >= 0.6 is 22.9 Å². The maximum Gasteiger partial charge on any atom is 0.414 e. The first kappa shape index (κ1) is 22.9. The molecule has 8 nitrogen and oxygen atoms in total. The van der Waals surface area contributed by atoms with Crippen molar-refractivity contribution in [2.24, 2.45) is 0 Å². The molecule has 1 aliphatic rings. The summed E-state index contributed by atoms with van der Waals surface area (Å²) in [5.41, 5.74) is 3.69. The molecule has 0 aliphatic carbocycles. The monoisotopic (exact) mass is 487 g/mol. The lowest BCUT2D eigenvalue weighted by Crippen LogP contribution is -2.34. The lowest BCUT2D eigenvalue weighted by atomic mass is 9.95. The summed E-state index contributed by atoms with van der Waals surface area (Å²) in [5.74, 6) is -0.0240. The number of cyclic esters (lactones) is 1. The van der Waals surface area contributed by atoms with Gasteiger partial charge in [0, 0.05) is 17.4 Å². The molecule has 10 heteroatoms. The standard InChI is InChI=1S/C23H22ClN3O5S/c1-12-8-14(9-13(2)19(12)16-6-7-25-22(29)20(16)31-3)27-11-15(32-23(27)30)10-26-21(28)17-4-5-18(24)33-17/h4-9,15H,10-11H2,1-3H3,(H,25,29)(H,26,28)/t15-/m0/s1. The van der Waals surface area contributed by atoms with Gasteiger partial charge in [-0.3, -0.25) is 14.5 Å². The van der Waals surface area contributed by atoms with Crippen LogP contribution in [0.3, 0.4) is 0 Å². The van der Waals surface area contributed by atoms with Gasteiger partial charge in [-0.1, -0.05) is 11.6 Å². The molecule has 1 fully saturated rings. The highest BCUT2D eigenvalue weighted by Crippen LogP contribution is 2.36. The number of anilines is 1. The second kappa shape index (κ2) is 9.29. The number of nitrogens with one attached hydrogen (secondary N) is 2. The number of hydrogen-bond acceptors (Lipinski definition) is 6. The molecular formula is C23H22ClN3O5S. The summed E-state index contributed by atoms with van der Waals surface area (Å²) in [7, 11) is 1.46. The normalized spacial score (nSPS) is 15.5. The summed E-state index contributed by atoms with van der Waals surface area (Å²) >= 11 is 7.06. The average Bonchev–Trinajstić information content (AvgIpc) is 3.37. The van der Waals surface area contributed by atoms with Crippen molar-refractivity contribution in [2.45, 2.75) is 20.0 Å². The second-order valence-corrected chi connectivity index (χ2v) is 9.35. The van der Waals surface area contributed by atoms with Gasteiger partial charge in [-0.15, -0.1) is 11.3 Å². The van der Waals surface area contributed by atoms with Crippen LogP contribution < -0.4 is 20.5 Å². The van der Waals surface area contributed by atoms with Gasteiger partial charge in [0.2, 0.25) is 0 Å². The van der Waals surface area contributed by atoms with Crippen LogP contribution in [0, 0.1) is 13.8 Å². The number of aromatic nitrogens is 1. The molecule has 3 aromatic rings. The van der Waals surface area contributed by atoms with Gasteiger partial charge in [0.15, 0.2) is 5.75 Å². The van der Waals surface area contributed by atoms with E-state index in [4.69, 9.17) is 21.1 Å². The molecule has 3 heterocycles. The maximum absolute atomic E-state index is 12.5. The minimum absolute atomic E-state index is 0.191. The Hall–Kier alpha value is -3.30. The Bertz CT molecular complexity index is 1260. The van der Waals surface area contributed by atoms with Gasteiger partial charge in [0.1, 0.15) is 6.10 Å². The van der Waals surface area contributed by atoms with Gasteiger partial charge in [0.05, 0.1) is 29.4 Å². The highest BCUT2D eigenvalue weighted by atomic mass is 35.5. The summed E-state index contributed by atoms with van der Waals surface area (Å²) in [6.45, 7) is 4.32. The predicted molar refractivity (Wildman–Crippen MR) is 128 cm³/mol. The number of carbonyl (C=O) groups excluding carboxylic acids is 2. The van der Waals surface area contributed by atoms with Crippen LogP contribution in [-0.2, 0) is 4.74 Å². The van der Waals surface area contributed by atoms with E-state index in [1.165, 1.54) is 23.3 Å². The molecule has 1 saturated heterocycles. The Kier molecular flexibility index (Phi) is 6.44. The van der Waals surface area contributed by atoms with Crippen molar-refractivity contribution in [3.8, 4) is 16.9 Å². The highest BCUT2D eigenvalue weighted by molar-refractivity contribution is 7.18. The van der Waals surface area contributed by atoms with Gasteiger partial charge < -0.3 is 19.8 Å². The van der Waals surface area contributed by atoms with Gasteiger partial charge in [-0.2, -0.15) is 0 Å². The third kappa shape index (κ3) is 4.60. The van der Waals surface area contributed by atoms with Crippen LogP contribution in [0.25, 0.3) is 11.1 Å². The lowest BCUT2D eigenvalue weighted by Gasteiger charge is -2.19. The van der Waals surface area contributed by atoms with E-state index in [-0.39, 0.29) is 23.8 Å². The molecule has 0 saturated carbocycles. The third-order valence-corrected chi connectivity index (χ3v) is 6.61. The maximum atomic E-state index is 12.5. The summed E-state index contributed by atoms with van der Waals surface area (Å²) < 4.78 is 11.3. The number of aryl methyl sites for hydroxylation is 2. The molecule has 0 bridgehead atoms. The Balaban J connectivity index is 1.52. The Morgan fingerprint density at radius 1 is 1.27 bits per heavy atom. The number of benzene rings is 1. The lowest BCUT2D eigenvalue weighted by molar-refractivity contribution is 0.0920. The van der Waals surface area contributed by atoms with Gasteiger partial charge in [-0.05, 0) is 60.9 Å². The molecule has 0 unspecified atom stereocenters. The Labute approximate surface area is 199 Å². The Morgan fingerprint density at radius 3 is 2.64 bits per heavy atom. The number of nitrogens with zero attached hydrogens (tertiary/aromatic N) is 1. The fourth-order valence-corrected chi connectivity index (χ4v) is 4.91. The van der Waals surface area contributed by atoms with Crippen LogP contribution in [0.1, 0.15) is 20.8 Å². The van der Waals surface area contributed by atoms with Crippen LogP contribution in [0.4, 0.5) is 10.5 Å². The first-order chi connectivity index (χ1) is 15.8. The zero-order chi connectivity index (χ0) is 23.7. The molecule has 2 aromatic heterocycles. The van der Waals surface area contributed by atoms with Crippen molar-refractivity contribution in [1.82, 2.24) is 10.3 Å². The molecule has 2 N–H and O–H groups in total. The van der Waals surface area contributed by atoms with Crippen molar-refractivity contribution in [3.05, 3.63) is 67.2 Å². The number of amides is 2. The Morgan fingerprint density at radius 2 is 2.00 bits per heavy atom. The smallest absolute Gasteiger partial charge is 0.414 e. The van der Waals surface area contributed by atoms with Crippen molar-refractivity contribution in [1.29, 1.82) is 0 Å². The second-order valence-electron chi connectivity index (χ2n) is 7.64. The first-order valence-electron chi connectivity index (χ1n) is 10.2. The number of hydrogen-bond donors (Lipinski definition) is 2. The van der Waals surface area contributed by atoms with Crippen LogP contribution in [0.5, 0.6) is 5.75 Å². The number of rotatable bonds is 6. The van der Waals surface area contributed by atoms with E-state index in [1.54, 1.807) is 24.4 Å². The average molecular weight is 488 g/mol. The van der Waals surface area contributed by atoms with Gasteiger partial charge >= 0.3 is 6.09 Å². The fourth-order valence-electron chi connectivity index (χ4n) is 3.95. The number of H-pyrrole nitrogens is 1. The van der Waals surface area contributed by atoms with E-state index in [2.05, 4.69) is 10.3 Å². The van der Waals surface area contributed by atoms with Crippen molar-refractivity contribution >= 4 is 40.6 Å². The summed E-state index contributed by atoms with van der Waals surface area (Å²) in [6.07, 6.45) is 0.618. The molecule has 0 spiro atoms. The number of carbonyl (C=O) groups is 2. The number of thiophene rings is 1. The molecule has 4 rings (SSSR count). The number of methoxy groups -OCH3 is 1. The van der Waals surface area contributed by atoms with Crippen molar-refractivity contribution < 1.29 is 19.1 Å². The largest absolute Gasteiger partial charge is 0.491 e. The van der Waals surface area contributed by atoms with Crippen LogP contribution in [-0.4, -0.2) is 43.3 Å². The van der Waals surface area contributed by atoms with E-state index in [1.807, 2.05) is 26.0 Å². The van der Waals surface area contributed by atoms with Crippen molar-refractivity contribution in [3.63, 3.8) is 0 Å². The zero-order valence-corrected chi connectivity index (χ0v) is 19.8. The molecule has 172 valence electrons. The minimum atomic E-state index is -0.482. The topological polar surface area (TPSA) is 101 Å². The minimum Gasteiger partial charge on any atom is -0.491 e. The summed E-state index contributed by atoms with van der Waals surface area (Å²) in [5, 5.41) is 2.78. The molecule has 0 radical (unpaired) electrons. The van der Waals surface area contributed by atoms with Gasteiger partial charge in [0.25, 0.3) is 11.5 Å². The molecule has 1 aliphatic heterocycles. The summed E-state index contributed by atoms with van der Waals surface area (Å²) in [4.78, 5) is 41.6.